The van der Waals surface area contributed by atoms with E-state index in [1.54, 1.807) is 20.3 Å². The van der Waals surface area contributed by atoms with E-state index in [0.717, 1.165) is 17.1 Å². The van der Waals surface area contributed by atoms with E-state index in [-0.39, 0.29) is 6.04 Å². The molecule has 0 aliphatic heterocycles. The van der Waals surface area contributed by atoms with Gasteiger partial charge in [0.2, 0.25) is 0 Å². The third-order valence-corrected chi connectivity index (χ3v) is 2.26. The Morgan fingerprint density at radius 2 is 2.13 bits per heavy atom. The van der Waals surface area contributed by atoms with Crippen molar-refractivity contribution in [3.63, 3.8) is 0 Å². The molecule has 3 heteroatoms. The Hall–Kier alpha value is -1.48. The zero-order valence-electron chi connectivity index (χ0n) is 9.19. The lowest BCUT2D eigenvalue weighted by atomic mass is 10.0. The van der Waals surface area contributed by atoms with E-state index in [9.17, 15) is 0 Å². The molecule has 2 N–H and O–H groups in total. The number of hydrogen-bond acceptors (Lipinski definition) is 3. The van der Waals surface area contributed by atoms with Crippen molar-refractivity contribution in [1.29, 1.82) is 0 Å². The molecule has 82 valence electrons. The number of rotatable bonds is 5. The Kier molecular flexibility index (Phi) is 4.18. The average Bonchev–Trinajstić information content (AvgIpc) is 2.28. The van der Waals surface area contributed by atoms with Crippen molar-refractivity contribution in [3.05, 3.63) is 36.4 Å². The first-order valence-electron chi connectivity index (χ1n) is 4.81. The summed E-state index contributed by atoms with van der Waals surface area (Å²) in [7, 11) is 3.26. The second-order valence-electron chi connectivity index (χ2n) is 3.24. The number of methoxy groups -OCH3 is 2. The van der Waals surface area contributed by atoms with Crippen LogP contribution in [-0.2, 0) is 0 Å². The fourth-order valence-corrected chi connectivity index (χ4v) is 1.44. The molecule has 0 saturated heterocycles. The van der Waals surface area contributed by atoms with Crippen LogP contribution in [0.25, 0.3) is 0 Å². The summed E-state index contributed by atoms with van der Waals surface area (Å²) in [6, 6.07) is 5.50. The van der Waals surface area contributed by atoms with Crippen LogP contribution < -0.4 is 15.2 Å². The zero-order valence-corrected chi connectivity index (χ0v) is 9.19. The first-order chi connectivity index (χ1) is 7.22. The highest BCUT2D eigenvalue weighted by Crippen LogP contribution is 2.29. The lowest BCUT2D eigenvalue weighted by Gasteiger charge is -2.15. The van der Waals surface area contributed by atoms with Crippen molar-refractivity contribution < 1.29 is 9.47 Å². The fraction of sp³-hybridized carbons (Fsp3) is 0.333. The molecule has 0 aliphatic rings. The van der Waals surface area contributed by atoms with Crippen molar-refractivity contribution in [2.75, 3.05) is 14.2 Å². The predicted molar refractivity (Wildman–Crippen MR) is 61.3 cm³/mol. The number of nitrogens with two attached hydrogens (primary N) is 1. The van der Waals surface area contributed by atoms with Gasteiger partial charge in [0.1, 0.15) is 11.5 Å². The van der Waals surface area contributed by atoms with Crippen LogP contribution in [0.4, 0.5) is 0 Å². The first-order valence-corrected chi connectivity index (χ1v) is 4.81. The van der Waals surface area contributed by atoms with Crippen LogP contribution in [0.5, 0.6) is 11.5 Å². The van der Waals surface area contributed by atoms with E-state index in [1.165, 1.54) is 0 Å². The zero-order chi connectivity index (χ0) is 11.3. The highest BCUT2D eigenvalue weighted by Gasteiger charge is 2.11. The number of benzene rings is 1. The summed E-state index contributed by atoms with van der Waals surface area (Å²) in [4.78, 5) is 0. The van der Waals surface area contributed by atoms with Crippen molar-refractivity contribution in [1.82, 2.24) is 0 Å². The molecule has 0 heterocycles. The molecule has 3 nitrogen and oxygen atoms in total. The maximum absolute atomic E-state index is 6.00. The van der Waals surface area contributed by atoms with E-state index in [4.69, 9.17) is 15.2 Å². The van der Waals surface area contributed by atoms with Crippen molar-refractivity contribution in [2.45, 2.75) is 12.5 Å². The molecule has 0 unspecified atom stereocenters. The first kappa shape index (κ1) is 11.6. The van der Waals surface area contributed by atoms with Gasteiger partial charge in [-0.25, -0.2) is 0 Å². The van der Waals surface area contributed by atoms with Gasteiger partial charge in [0, 0.05) is 11.6 Å². The molecule has 1 atom stereocenters. The van der Waals surface area contributed by atoms with Crippen molar-refractivity contribution >= 4 is 0 Å². The van der Waals surface area contributed by atoms with E-state index in [2.05, 4.69) is 6.58 Å². The van der Waals surface area contributed by atoms with Crippen molar-refractivity contribution in [2.24, 2.45) is 5.73 Å². The minimum absolute atomic E-state index is 0.104. The van der Waals surface area contributed by atoms with Gasteiger partial charge in [-0.3, -0.25) is 0 Å². The summed E-state index contributed by atoms with van der Waals surface area (Å²) in [5, 5.41) is 0. The summed E-state index contributed by atoms with van der Waals surface area (Å²) in [6.07, 6.45) is 2.51. The Morgan fingerprint density at radius 1 is 1.40 bits per heavy atom. The Morgan fingerprint density at radius 3 is 2.67 bits per heavy atom. The normalized spacial score (nSPS) is 11.9. The molecule has 0 aliphatic carbocycles. The van der Waals surface area contributed by atoms with E-state index in [1.807, 2.05) is 18.2 Å². The second kappa shape index (κ2) is 5.41. The van der Waals surface area contributed by atoms with E-state index < -0.39 is 0 Å². The maximum Gasteiger partial charge on any atom is 0.123 e. The maximum atomic E-state index is 6.00. The third kappa shape index (κ3) is 2.73. The summed E-state index contributed by atoms with van der Waals surface area (Å²) in [5.41, 5.74) is 6.94. The molecule has 0 amide bonds. The van der Waals surface area contributed by atoms with Gasteiger partial charge in [0.05, 0.1) is 14.2 Å². The summed E-state index contributed by atoms with van der Waals surface area (Å²) in [5.74, 6) is 1.57. The third-order valence-electron chi connectivity index (χ3n) is 2.26. The van der Waals surface area contributed by atoms with Crippen molar-refractivity contribution in [3.8, 4) is 11.5 Å². The van der Waals surface area contributed by atoms with Gasteiger partial charge < -0.3 is 15.2 Å². The minimum Gasteiger partial charge on any atom is -0.497 e. The summed E-state index contributed by atoms with van der Waals surface area (Å²) < 4.78 is 10.4. The van der Waals surface area contributed by atoms with Gasteiger partial charge in [-0.05, 0) is 24.6 Å². The van der Waals surface area contributed by atoms with Crippen LogP contribution >= 0.6 is 0 Å². The van der Waals surface area contributed by atoms with E-state index >= 15 is 0 Å². The fourth-order valence-electron chi connectivity index (χ4n) is 1.44. The van der Waals surface area contributed by atoms with Crippen LogP contribution in [0.3, 0.4) is 0 Å². The summed E-state index contributed by atoms with van der Waals surface area (Å²) in [6.45, 7) is 3.67. The monoisotopic (exact) mass is 207 g/mol. The smallest absolute Gasteiger partial charge is 0.123 e. The van der Waals surface area contributed by atoms with Gasteiger partial charge in [0.15, 0.2) is 0 Å². The minimum atomic E-state index is -0.104. The molecule has 1 aromatic rings. The van der Waals surface area contributed by atoms with Gasteiger partial charge in [-0.2, -0.15) is 0 Å². The largest absolute Gasteiger partial charge is 0.497 e. The quantitative estimate of drug-likeness (QED) is 0.753. The van der Waals surface area contributed by atoms with Gasteiger partial charge >= 0.3 is 0 Å². The number of hydrogen-bond donors (Lipinski definition) is 1. The highest BCUT2D eigenvalue weighted by molar-refractivity contribution is 5.42. The van der Waals surface area contributed by atoms with Gasteiger partial charge in [-0.1, -0.05) is 6.08 Å². The Balaban J connectivity index is 3.04. The molecule has 0 bridgehead atoms. The molecule has 0 radical (unpaired) electrons. The molecular formula is C12H17NO2. The van der Waals surface area contributed by atoms with Crippen LogP contribution in [0.2, 0.25) is 0 Å². The van der Waals surface area contributed by atoms with E-state index in [0.29, 0.717) is 6.42 Å². The average molecular weight is 207 g/mol. The van der Waals surface area contributed by atoms with Crippen LogP contribution in [0.1, 0.15) is 18.0 Å². The second-order valence-corrected chi connectivity index (χ2v) is 3.24. The SMILES string of the molecule is C=CC[C@H](N)c1cc(OC)ccc1OC. The van der Waals surface area contributed by atoms with Crippen LogP contribution in [0.15, 0.2) is 30.9 Å². The molecule has 0 saturated carbocycles. The molecular weight excluding hydrogens is 190 g/mol. The number of ether oxygens (including phenoxy) is 2. The molecule has 1 rings (SSSR count). The highest BCUT2D eigenvalue weighted by atomic mass is 16.5. The van der Waals surface area contributed by atoms with Gasteiger partial charge in [0.25, 0.3) is 0 Å². The molecule has 1 aromatic carbocycles. The van der Waals surface area contributed by atoms with Crippen LogP contribution in [0, 0.1) is 0 Å². The molecule has 15 heavy (non-hydrogen) atoms. The van der Waals surface area contributed by atoms with Crippen LogP contribution in [-0.4, -0.2) is 14.2 Å². The predicted octanol–water partition coefficient (Wildman–Crippen LogP) is 2.28. The Bertz CT molecular complexity index is 336. The van der Waals surface area contributed by atoms with Gasteiger partial charge in [-0.15, -0.1) is 6.58 Å². The molecule has 0 fully saturated rings. The molecule has 0 spiro atoms. The lowest BCUT2D eigenvalue weighted by molar-refractivity contribution is 0.395. The standard InChI is InChI=1S/C12H17NO2/c1-4-5-11(13)10-8-9(14-2)6-7-12(10)15-3/h4,6-8,11H,1,5,13H2,2-3H3/t11-/m0/s1. The topological polar surface area (TPSA) is 44.5 Å². The Labute approximate surface area is 90.5 Å². The lowest BCUT2D eigenvalue weighted by Crippen LogP contribution is -2.10. The molecule has 0 aromatic heterocycles. The summed E-state index contributed by atoms with van der Waals surface area (Å²) >= 11 is 0.